The second kappa shape index (κ2) is 7.17. The van der Waals surface area contributed by atoms with Crippen molar-refractivity contribution in [3.05, 3.63) is 40.8 Å². The predicted molar refractivity (Wildman–Crippen MR) is 92.8 cm³/mol. The van der Waals surface area contributed by atoms with Crippen LogP contribution in [0, 0.1) is 0 Å². The molecule has 0 saturated carbocycles. The van der Waals surface area contributed by atoms with Gasteiger partial charge in [0.25, 0.3) is 0 Å². The van der Waals surface area contributed by atoms with Crippen molar-refractivity contribution >= 4 is 11.6 Å². The fourth-order valence-corrected chi connectivity index (χ4v) is 2.80. The Labute approximate surface area is 147 Å². The van der Waals surface area contributed by atoms with Gasteiger partial charge in [0, 0.05) is 44.3 Å². The predicted octanol–water partition coefficient (Wildman–Crippen LogP) is 2.73. The van der Waals surface area contributed by atoms with E-state index < -0.39 is 0 Å². The van der Waals surface area contributed by atoms with Crippen molar-refractivity contribution in [3.63, 3.8) is 0 Å². The van der Waals surface area contributed by atoms with Gasteiger partial charge < -0.3 is 4.52 Å². The number of piperazine rings is 1. The van der Waals surface area contributed by atoms with Gasteiger partial charge in [0.05, 0.1) is 6.54 Å². The number of pyridine rings is 1. The zero-order valence-electron chi connectivity index (χ0n) is 14.5. The van der Waals surface area contributed by atoms with Crippen LogP contribution in [0.5, 0.6) is 0 Å². The second-order valence-electron chi connectivity index (χ2n) is 7.31. The summed E-state index contributed by atoms with van der Waals surface area (Å²) in [4.78, 5) is 13.5. The molecular weight excluding hydrogens is 326 g/mol. The molecule has 3 heterocycles. The van der Waals surface area contributed by atoms with Gasteiger partial charge in [-0.15, -0.1) is 0 Å². The Hall–Kier alpha value is -1.50. The van der Waals surface area contributed by atoms with Crippen LogP contribution in [0.4, 0.5) is 0 Å². The van der Waals surface area contributed by atoms with Gasteiger partial charge in [-0.05, 0) is 11.6 Å². The normalized spacial score (nSPS) is 17.3. The summed E-state index contributed by atoms with van der Waals surface area (Å²) in [6.45, 7) is 11.9. The first kappa shape index (κ1) is 17.3. The van der Waals surface area contributed by atoms with Gasteiger partial charge in [-0.3, -0.25) is 9.80 Å². The van der Waals surface area contributed by atoms with Crippen LogP contribution < -0.4 is 0 Å². The molecule has 1 fully saturated rings. The quantitative estimate of drug-likeness (QED) is 0.791. The highest BCUT2D eigenvalue weighted by Crippen LogP contribution is 2.20. The Bertz CT molecular complexity index is 656. The van der Waals surface area contributed by atoms with Crippen LogP contribution in [0.15, 0.2) is 22.9 Å². The van der Waals surface area contributed by atoms with Crippen LogP contribution in [-0.2, 0) is 18.5 Å². The van der Waals surface area contributed by atoms with Crippen molar-refractivity contribution < 1.29 is 4.52 Å². The van der Waals surface area contributed by atoms with Crippen LogP contribution in [0.2, 0.25) is 5.15 Å². The Balaban J connectivity index is 1.48. The van der Waals surface area contributed by atoms with E-state index in [0.717, 1.165) is 45.1 Å². The minimum absolute atomic E-state index is 0.101. The molecule has 24 heavy (non-hydrogen) atoms. The molecule has 6 nitrogen and oxygen atoms in total. The fraction of sp³-hybridized carbons (Fsp3) is 0.588. The van der Waals surface area contributed by atoms with Crippen LogP contribution >= 0.6 is 11.6 Å². The maximum atomic E-state index is 5.83. The van der Waals surface area contributed by atoms with E-state index in [1.165, 1.54) is 5.56 Å². The van der Waals surface area contributed by atoms with Gasteiger partial charge in [0.2, 0.25) is 5.89 Å². The number of halogens is 1. The van der Waals surface area contributed by atoms with Crippen molar-refractivity contribution in [2.45, 2.75) is 39.3 Å². The summed E-state index contributed by atoms with van der Waals surface area (Å²) in [5.41, 5.74) is 1.09. The molecule has 0 radical (unpaired) electrons. The fourth-order valence-electron chi connectivity index (χ4n) is 2.69. The lowest BCUT2D eigenvalue weighted by Crippen LogP contribution is -2.45. The molecule has 1 aliphatic rings. The molecule has 0 bridgehead atoms. The highest BCUT2D eigenvalue weighted by atomic mass is 35.5. The van der Waals surface area contributed by atoms with Crippen molar-refractivity contribution in [1.29, 1.82) is 0 Å². The summed E-state index contributed by atoms with van der Waals surface area (Å²) in [6, 6.07) is 3.88. The highest BCUT2D eigenvalue weighted by Gasteiger charge is 2.23. The number of aromatic nitrogens is 3. The molecule has 2 aromatic rings. The average Bonchev–Trinajstić information content (AvgIpc) is 3.00. The molecule has 0 spiro atoms. The minimum atomic E-state index is -0.101. The average molecular weight is 350 g/mol. The molecule has 0 aliphatic carbocycles. The van der Waals surface area contributed by atoms with Crippen molar-refractivity contribution in [1.82, 2.24) is 24.9 Å². The molecule has 3 rings (SSSR count). The molecule has 1 saturated heterocycles. The third-order valence-electron chi connectivity index (χ3n) is 4.13. The zero-order chi connectivity index (χ0) is 17.2. The molecule has 0 amide bonds. The third-order valence-corrected chi connectivity index (χ3v) is 4.36. The third kappa shape index (κ3) is 4.53. The Morgan fingerprint density at radius 1 is 1.08 bits per heavy atom. The van der Waals surface area contributed by atoms with Crippen molar-refractivity contribution in [2.75, 3.05) is 26.2 Å². The molecule has 1 aliphatic heterocycles. The Kier molecular flexibility index (Phi) is 5.18. The lowest BCUT2D eigenvalue weighted by Gasteiger charge is -2.33. The van der Waals surface area contributed by atoms with Gasteiger partial charge in [-0.2, -0.15) is 4.98 Å². The topological polar surface area (TPSA) is 58.3 Å². The first-order chi connectivity index (χ1) is 11.4. The Morgan fingerprint density at radius 2 is 1.75 bits per heavy atom. The molecule has 130 valence electrons. The van der Waals surface area contributed by atoms with Crippen LogP contribution in [0.3, 0.4) is 0 Å². The molecular formula is C17H24ClN5O. The molecule has 0 atom stereocenters. The molecule has 0 unspecified atom stereocenters. The summed E-state index contributed by atoms with van der Waals surface area (Å²) in [5, 5.41) is 4.65. The number of nitrogens with zero attached hydrogens (tertiary/aromatic N) is 5. The van der Waals surface area contributed by atoms with E-state index in [1.54, 1.807) is 0 Å². The van der Waals surface area contributed by atoms with E-state index in [4.69, 9.17) is 16.1 Å². The van der Waals surface area contributed by atoms with Gasteiger partial charge in [0.15, 0.2) is 5.82 Å². The van der Waals surface area contributed by atoms with E-state index in [2.05, 4.69) is 45.7 Å². The van der Waals surface area contributed by atoms with Gasteiger partial charge in [0.1, 0.15) is 5.15 Å². The van der Waals surface area contributed by atoms with Gasteiger partial charge in [-0.25, -0.2) is 4.98 Å². The van der Waals surface area contributed by atoms with Crippen molar-refractivity contribution in [2.24, 2.45) is 0 Å². The lowest BCUT2D eigenvalue weighted by atomic mass is 9.97. The highest BCUT2D eigenvalue weighted by molar-refractivity contribution is 6.29. The van der Waals surface area contributed by atoms with Gasteiger partial charge >= 0.3 is 0 Å². The van der Waals surface area contributed by atoms with E-state index in [-0.39, 0.29) is 5.41 Å². The Morgan fingerprint density at radius 3 is 2.29 bits per heavy atom. The molecule has 0 aromatic carbocycles. The zero-order valence-corrected chi connectivity index (χ0v) is 15.3. The number of rotatable bonds is 4. The molecule has 2 aromatic heterocycles. The maximum absolute atomic E-state index is 5.83. The molecule has 7 heteroatoms. The second-order valence-corrected chi connectivity index (χ2v) is 7.69. The van der Waals surface area contributed by atoms with Crippen LogP contribution in [0.1, 0.15) is 38.0 Å². The summed E-state index contributed by atoms with van der Waals surface area (Å²) in [7, 11) is 0. The van der Waals surface area contributed by atoms with E-state index in [9.17, 15) is 0 Å². The number of hydrogen-bond donors (Lipinski definition) is 0. The van der Waals surface area contributed by atoms with E-state index >= 15 is 0 Å². The van der Waals surface area contributed by atoms with Crippen LogP contribution in [0.25, 0.3) is 0 Å². The number of hydrogen-bond acceptors (Lipinski definition) is 6. The van der Waals surface area contributed by atoms with E-state index in [0.29, 0.717) is 11.0 Å². The maximum Gasteiger partial charge on any atom is 0.232 e. The monoisotopic (exact) mass is 349 g/mol. The standard InChI is InChI=1S/C17H24ClN5O/c1-17(2,3)16-20-15(21-24-16)12-23-8-6-22(7-9-23)11-13-4-5-14(18)19-10-13/h4-5,10H,6-9,11-12H2,1-3H3. The first-order valence-electron chi connectivity index (χ1n) is 8.28. The summed E-state index contributed by atoms with van der Waals surface area (Å²) >= 11 is 5.83. The summed E-state index contributed by atoms with van der Waals surface area (Å²) < 4.78 is 5.36. The summed E-state index contributed by atoms with van der Waals surface area (Å²) in [5.74, 6) is 1.47. The molecule has 0 N–H and O–H groups in total. The first-order valence-corrected chi connectivity index (χ1v) is 8.66. The van der Waals surface area contributed by atoms with E-state index in [1.807, 2.05) is 18.3 Å². The van der Waals surface area contributed by atoms with Crippen LogP contribution in [-0.4, -0.2) is 51.1 Å². The van der Waals surface area contributed by atoms with Gasteiger partial charge in [-0.1, -0.05) is 43.6 Å². The van der Waals surface area contributed by atoms with Crippen molar-refractivity contribution in [3.8, 4) is 0 Å². The minimum Gasteiger partial charge on any atom is -0.339 e. The SMILES string of the molecule is CC(C)(C)c1nc(CN2CCN(Cc3ccc(Cl)nc3)CC2)no1. The smallest absolute Gasteiger partial charge is 0.232 e. The lowest BCUT2D eigenvalue weighted by molar-refractivity contribution is 0.119. The largest absolute Gasteiger partial charge is 0.339 e. The summed E-state index contributed by atoms with van der Waals surface area (Å²) in [6.07, 6.45) is 1.85.